The molecule has 1 aromatic carbocycles. The van der Waals surface area contributed by atoms with Crippen LogP contribution in [0.15, 0.2) is 24.3 Å². The molecule has 0 spiro atoms. The average molecular weight is 219 g/mol. The summed E-state index contributed by atoms with van der Waals surface area (Å²) in [6.07, 6.45) is 4.99. The number of aliphatic hydroxyl groups is 1. The first-order chi connectivity index (χ1) is 7.72. The molecule has 0 amide bonds. The van der Waals surface area contributed by atoms with E-state index in [9.17, 15) is 5.11 Å². The highest BCUT2D eigenvalue weighted by molar-refractivity contribution is 5.23. The summed E-state index contributed by atoms with van der Waals surface area (Å²) in [5.41, 5.74) is 2.40. The molecule has 16 heavy (non-hydrogen) atoms. The van der Waals surface area contributed by atoms with Crippen LogP contribution >= 0.6 is 0 Å². The highest BCUT2D eigenvalue weighted by Crippen LogP contribution is 2.39. The van der Waals surface area contributed by atoms with Crippen LogP contribution in [-0.2, 0) is 12.8 Å². The lowest BCUT2D eigenvalue weighted by atomic mass is 10.0. The third-order valence-electron chi connectivity index (χ3n) is 3.39. The number of nitrogens with one attached hydrogen (secondary N) is 1. The van der Waals surface area contributed by atoms with Gasteiger partial charge in [0.2, 0.25) is 0 Å². The summed E-state index contributed by atoms with van der Waals surface area (Å²) >= 11 is 0. The second-order valence-electron chi connectivity index (χ2n) is 4.89. The first kappa shape index (κ1) is 11.6. The fourth-order valence-corrected chi connectivity index (χ4v) is 1.91. The Balaban J connectivity index is 1.81. The molecule has 2 nitrogen and oxygen atoms in total. The van der Waals surface area contributed by atoms with Gasteiger partial charge in [-0.2, -0.15) is 0 Å². The Hall–Kier alpha value is -0.860. The van der Waals surface area contributed by atoms with Gasteiger partial charge in [-0.25, -0.2) is 0 Å². The van der Waals surface area contributed by atoms with Crippen molar-refractivity contribution in [3.8, 4) is 0 Å². The lowest BCUT2D eigenvalue weighted by Crippen LogP contribution is -2.10. The van der Waals surface area contributed by atoms with Crippen molar-refractivity contribution in [2.24, 2.45) is 0 Å². The predicted octanol–water partition coefficient (Wildman–Crippen LogP) is 1.91. The molecule has 0 atom stereocenters. The van der Waals surface area contributed by atoms with Gasteiger partial charge >= 0.3 is 0 Å². The number of likely N-dealkylation sites (N-methyl/N-ethyl adjacent to an activating group) is 1. The summed E-state index contributed by atoms with van der Waals surface area (Å²) in [6, 6.07) is 8.78. The van der Waals surface area contributed by atoms with Crippen LogP contribution in [0.25, 0.3) is 0 Å². The molecule has 1 aliphatic rings. The van der Waals surface area contributed by atoms with Crippen LogP contribution in [-0.4, -0.2) is 24.3 Å². The molecule has 0 radical (unpaired) electrons. The maximum atomic E-state index is 9.75. The zero-order chi connectivity index (χ0) is 11.4. The van der Waals surface area contributed by atoms with Crippen LogP contribution in [0, 0.1) is 0 Å². The number of rotatable bonds is 6. The topological polar surface area (TPSA) is 32.3 Å². The third kappa shape index (κ3) is 3.32. The number of hydrogen-bond donors (Lipinski definition) is 2. The largest absolute Gasteiger partial charge is 0.390 e. The molecule has 2 rings (SSSR count). The molecule has 1 aliphatic carbocycles. The van der Waals surface area contributed by atoms with Crippen LogP contribution < -0.4 is 5.32 Å². The molecular weight excluding hydrogens is 198 g/mol. The van der Waals surface area contributed by atoms with Crippen LogP contribution in [0.5, 0.6) is 0 Å². The molecule has 1 fully saturated rings. The van der Waals surface area contributed by atoms with Gasteiger partial charge in [0.25, 0.3) is 0 Å². The molecule has 1 saturated carbocycles. The van der Waals surface area contributed by atoms with Gasteiger partial charge in [0.05, 0.1) is 5.60 Å². The van der Waals surface area contributed by atoms with Gasteiger partial charge in [0, 0.05) is 0 Å². The van der Waals surface area contributed by atoms with E-state index < -0.39 is 0 Å². The fourth-order valence-electron chi connectivity index (χ4n) is 1.91. The van der Waals surface area contributed by atoms with Crippen molar-refractivity contribution in [1.29, 1.82) is 0 Å². The normalized spacial score (nSPS) is 17.4. The first-order valence-electron chi connectivity index (χ1n) is 6.17. The van der Waals surface area contributed by atoms with E-state index in [0.717, 1.165) is 38.6 Å². The van der Waals surface area contributed by atoms with Gasteiger partial charge in [-0.05, 0) is 56.8 Å². The van der Waals surface area contributed by atoms with Crippen molar-refractivity contribution in [1.82, 2.24) is 5.32 Å². The molecule has 0 saturated heterocycles. The minimum Gasteiger partial charge on any atom is -0.390 e. The van der Waals surface area contributed by atoms with E-state index in [2.05, 4.69) is 29.6 Å². The average Bonchev–Trinajstić information content (AvgIpc) is 3.04. The van der Waals surface area contributed by atoms with Crippen LogP contribution in [0.3, 0.4) is 0 Å². The maximum absolute atomic E-state index is 9.75. The van der Waals surface area contributed by atoms with E-state index in [1.165, 1.54) is 11.1 Å². The van der Waals surface area contributed by atoms with Crippen molar-refractivity contribution in [2.75, 3.05) is 13.6 Å². The van der Waals surface area contributed by atoms with Crippen LogP contribution in [0.4, 0.5) is 0 Å². The van der Waals surface area contributed by atoms with Crippen LogP contribution in [0.2, 0.25) is 0 Å². The Labute approximate surface area is 97.7 Å². The van der Waals surface area contributed by atoms with E-state index in [4.69, 9.17) is 0 Å². The van der Waals surface area contributed by atoms with E-state index in [1.807, 2.05) is 7.05 Å². The Morgan fingerprint density at radius 3 is 2.19 bits per heavy atom. The standard InChI is InChI=1S/C14H21NO/c1-15-11-7-13-4-2-12(3-5-13)6-8-14(16)9-10-14/h2-5,15-16H,6-11H2,1H3. The molecular formula is C14H21NO. The lowest BCUT2D eigenvalue weighted by Gasteiger charge is -2.08. The summed E-state index contributed by atoms with van der Waals surface area (Å²) in [5.74, 6) is 0. The molecule has 2 N–H and O–H groups in total. The van der Waals surface area contributed by atoms with Crippen molar-refractivity contribution in [2.45, 2.75) is 37.7 Å². The summed E-state index contributed by atoms with van der Waals surface area (Å²) < 4.78 is 0. The SMILES string of the molecule is CNCCc1ccc(CCC2(O)CC2)cc1. The smallest absolute Gasteiger partial charge is 0.0653 e. The summed E-state index contributed by atoms with van der Waals surface area (Å²) in [7, 11) is 1.98. The number of aryl methyl sites for hydroxylation is 1. The zero-order valence-corrected chi connectivity index (χ0v) is 10.00. The van der Waals surface area contributed by atoms with Crippen LogP contribution in [0.1, 0.15) is 30.4 Å². The molecule has 1 aromatic rings. The molecule has 0 heterocycles. The predicted molar refractivity (Wildman–Crippen MR) is 66.6 cm³/mol. The van der Waals surface area contributed by atoms with Gasteiger partial charge in [-0.15, -0.1) is 0 Å². The molecule has 0 bridgehead atoms. The van der Waals surface area contributed by atoms with Crippen molar-refractivity contribution >= 4 is 0 Å². The monoisotopic (exact) mass is 219 g/mol. The van der Waals surface area contributed by atoms with Crippen molar-refractivity contribution < 1.29 is 5.11 Å². The summed E-state index contributed by atoms with van der Waals surface area (Å²) in [4.78, 5) is 0. The van der Waals surface area contributed by atoms with E-state index in [0.29, 0.717) is 0 Å². The highest BCUT2D eigenvalue weighted by atomic mass is 16.3. The fraction of sp³-hybridized carbons (Fsp3) is 0.571. The lowest BCUT2D eigenvalue weighted by molar-refractivity contribution is 0.140. The number of benzene rings is 1. The Bertz CT molecular complexity index is 327. The second kappa shape index (κ2) is 4.98. The van der Waals surface area contributed by atoms with E-state index in [1.54, 1.807) is 0 Å². The summed E-state index contributed by atoms with van der Waals surface area (Å²) in [5, 5.41) is 12.9. The first-order valence-corrected chi connectivity index (χ1v) is 6.17. The van der Waals surface area contributed by atoms with Gasteiger partial charge in [-0.1, -0.05) is 24.3 Å². The Morgan fingerprint density at radius 2 is 1.69 bits per heavy atom. The molecule has 0 aliphatic heterocycles. The molecule has 2 heteroatoms. The zero-order valence-electron chi connectivity index (χ0n) is 10.00. The minimum absolute atomic E-state index is 0.315. The third-order valence-corrected chi connectivity index (χ3v) is 3.39. The molecule has 0 unspecified atom stereocenters. The second-order valence-corrected chi connectivity index (χ2v) is 4.89. The Kier molecular flexibility index (Phi) is 3.62. The van der Waals surface area contributed by atoms with Gasteiger partial charge < -0.3 is 10.4 Å². The quantitative estimate of drug-likeness (QED) is 0.766. The number of hydrogen-bond acceptors (Lipinski definition) is 2. The van der Waals surface area contributed by atoms with Crippen molar-refractivity contribution in [3.63, 3.8) is 0 Å². The van der Waals surface area contributed by atoms with Gasteiger partial charge in [0.15, 0.2) is 0 Å². The highest BCUT2D eigenvalue weighted by Gasteiger charge is 2.39. The van der Waals surface area contributed by atoms with E-state index >= 15 is 0 Å². The molecule has 88 valence electrons. The summed E-state index contributed by atoms with van der Waals surface area (Å²) in [6.45, 7) is 1.03. The van der Waals surface area contributed by atoms with E-state index in [-0.39, 0.29) is 5.60 Å². The minimum atomic E-state index is -0.315. The van der Waals surface area contributed by atoms with Gasteiger partial charge in [-0.3, -0.25) is 0 Å². The molecule has 0 aromatic heterocycles. The maximum Gasteiger partial charge on any atom is 0.0653 e. The Morgan fingerprint density at radius 1 is 1.12 bits per heavy atom. The van der Waals surface area contributed by atoms with Gasteiger partial charge in [0.1, 0.15) is 0 Å². The van der Waals surface area contributed by atoms with Crippen molar-refractivity contribution in [3.05, 3.63) is 35.4 Å².